The van der Waals surface area contributed by atoms with Gasteiger partial charge >= 0.3 is 0 Å². The highest BCUT2D eigenvalue weighted by Crippen LogP contribution is 2.12. The molecule has 5 nitrogen and oxygen atoms in total. The monoisotopic (exact) mass is 288 g/mol. The average molecular weight is 289 g/mol. The van der Waals surface area contributed by atoms with Gasteiger partial charge in [-0.1, -0.05) is 6.92 Å². The molecule has 0 saturated heterocycles. The molecule has 1 rings (SSSR count). The molecule has 1 aromatic heterocycles. The lowest BCUT2D eigenvalue weighted by atomic mass is 10.2. The normalized spacial score (nSPS) is 10.1. The van der Waals surface area contributed by atoms with Crippen LogP contribution in [0.3, 0.4) is 0 Å². The number of amides is 1. The van der Waals surface area contributed by atoms with Gasteiger partial charge < -0.3 is 10.6 Å². The molecule has 0 aromatic carbocycles. The van der Waals surface area contributed by atoms with Crippen LogP contribution in [0, 0.1) is 13.8 Å². The summed E-state index contributed by atoms with van der Waals surface area (Å²) in [4.78, 5) is 12.1. The van der Waals surface area contributed by atoms with Crippen molar-refractivity contribution in [2.45, 2.75) is 40.7 Å². The summed E-state index contributed by atoms with van der Waals surface area (Å²) >= 11 is 0. The van der Waals surface area contributed by atoms with Gasteiger partial charge in [0.1, 0.15) is 0 Å². The van der Waals surface area contributed by atoms with E-state index in [4.69, 9.17) is 0 Å². The topological polar surface area (TPSA) is 58.9 Å². The maximum absolute atomic E-state index is 12.1. The van der Waals surface area contributed by atoms with E-state index in [0.29, 0.717) is 12.1 Å². The van der Waals surface area contributed by atoms with E-state index in [0.717, 1.165) is 37.4 Å². The fourth-order valence-electron chi connectivity index (χ4n) is 1.99. The van der Waals surface area contributed by atoms with Gasteiger partial charge in [-0.15, -0.1) is 12.4 Å². The Bertz CT molecular complexity index is 404. The fourth-order valence-corrected chi connectivity index (χ4v) is 1.99. The number of hydrogen-bond donors (Lipinski definition) is 2. The molecule has 0 saturated carbocycles. The predicted molar refractivity (Wildman–Crippen MR) is 80.1 cm³/mol. The van der Waals surface area contributed by atoms with Gasteiger partial charge in [0.05, 0.1) is 11.3 Å². The number of aryl methyl sites for hydroxylation is 2. The molecule has 2 N–H and O–H groups in total. The van der Waals surface area contributed by atoms with Gasteiger partial charge in [0, 0.05) is 25.3 Å². The SMILES string of the molecule is CCCNCCNC(=O)c1c(C)nn(CC)c1C.Cl. The van der Waals surface area contributed by atoms with Crippen molar-refractivity contribution in [2.24, 2.45) is 0 Å². The summed E-state index contributed by atoms with van der Waals surface area (Å²) in [6, 6.07) is 0. The number of carbonyl (C=O) groups is 1. The molecule has 0 atom stereocenters. The molecular weight excluding hydrogens is 264 g/mol. The van der Waals surface area contributed by atoms with Gasteiger partial charge in [0.2, 0.25) is 0 Å². The van der Waals surface area contributed by atoms with Crippen LogP contribution in [-0.2, 0) is 6.54 Å². The molecule has 0 radical (unpaired) electrons. The van der Waals surface area contributed by atoms with Gasteiger partial charge in [0.15, 0.2) is 0 Å². The lowest BCUT2D eigenvalue weighted by Gasteiger charge is -2.06. The summed E-state index contributed by atoms with van der Waals surface area (Å²) in [5.41, 5.74) is 2.45. The maximum atomic E-state index is 12.1. The first-order chi connectivity index (χ1) is 8.61. The van der Waals surface area contributed by atoms with Crippen molar-refractivity contribution in [1.82, 2.24) is 20.4 Å². The molecule has 1 amide bonds. The number of aromatic nitrogens is 2. The second kappa shape index (κ2) is 8.93. The summed E-state index contributed by atoms with van der Waals surface area (Å²) < 4.78 is 1.86. The Balaban J connectivity index is 0.00000324. The van der Waals surface area contributed by atoms with Gasteiger partial charge in [0.25, 0.3) is 5.91 Å². The molecule has 0 bridgehead atoms. The number of halogens is 1. The third-order valence-corrected chi connectivity index (χ3v) is 2.92. The summed E-state index contributed by atoms with van der Waals surface area (Å²) in [7, 11) is 0. The number of carbonyl (C=O) groups excluding carboxylic acids is 1. The van der Waals surface area contributed by atoms with Crippen molar-refractivity contribution in [1.29, 1.82) is 0 Å². The van der Waals surface area contributed by atoms with Crippen LogP contribution in [0.5, 0.6) is 0 Å². The maximum Gasteiger partial charge on any atom is 0.255 e. The summed E-state index contributed by atoms with van der Waals surface area (Å²) in [6.07, 6.45) is 1.11. The summed E-state index contributed by atoms with van der Waals surface area (Å²) in [6.45, 7) is 11.2. The molecule has 19 heavy (non-hydrogen) atoms. The smallest absolute Gasteiger partial charge is 0.255 e. The van der Waals surface area contributed by atoms with Gasteiger partial charge in [-0.25, -0.2) is 0 Å². The van der Waals surface area contributed by atoms with E-state index in [1.807, 2.05) is 25.5 Å². The summed E-state index contributed by atoms with van der Waals surface area (Å²) in [5.74, 6) is -0.0250. The highest BCUT2D eigenvalue weighted by atomic mass is 35.5. The minimum absolute atomic E-state index is 0. The van der Waals surface area contributed by atoms with Crippen LogP contribution in [0.2, 0.25) is 0 Å². The van der Waals surface area contributed by atoms with Gasteiger partial charge in [-0.2, -0.15) is 5.10 Å². The molecule has 0 aliphatic heterocycles. The Morgan fingerprint density at radius 2 is 1.89 bits per heavy atom. The molecule has 0 fully saturated rings. The van der Waals surface area contributed by atoms with E-state index in [2.05, 4.69) is 22.7 Å². The first-order valence-corrected chi connectivity index (χ1v) is 6.64. The van der Waals surface area contributed by atoms with Crippen molar-refractivity contribution in [3.8, 4) is 0 Å². The Morgan fingerprint density at radius 1 is 1.21 bits per heavy atom. The van der Waals surface area contributed by atoms with Crippen LogP contribution in [0.4, 0.5) is 0 Å². The van der Waals surface area contributed by atoms with Crippen LogP contribution in [0.15, 0.2) is 0 Å². The predicted octanol–water partition coefficient (Wildman–Crippen LogP) is 1.67. The number of nitrogens with one attached hydrogen (secondary N) is 2. The van der Waals surface area contributed by atoms with E-state index < -0.39 is 0 Å². The zero-order valence-electron chi connectivity index (χ0n) is 12.2. The fraction of sp³-hybridized carbons (Fsp3) is 0.692. The molecular formula is C13H25ClN4O. The summed E-state index contributed by atoms with van der Waals surface area (Å²) in [5, 5.41) is 10.5. The quantitative estimate of drug-likeness (QED) is 0.751. The van der Waals surface area contributed by atoms with E-state index in [9.17, 15) is 4.79 Å². The van der Waals surface area contributed by atoms with Crippen LogP contribution < -0.4 is 10.6 Å². The Hall–Kier alpha value is -1.07. The van der Waals surface area contributed by atoms with Crippen molar-refractivity contribution in [3.63, 3.8) is 0 Å². The first kappa shape index (κ1) is 17.9. The molecule has 6 heteroatoms. The van der Waals surface area contributed by atoms with Crippen LogP contribution >= 0.6 is 12.4 Å². The number of hydrogen-bond acceptors (Lipinski definition) is 3. The van der Waals surface area contributed by atoms with Crippen LogP contribution in [0.1, 0.15) is 42.0 Å². The highest BCUT2D eigenvalue weighted by Gasteiger charge is 2.17. The average Bonchev–Trinajstić information content (AvgIpc) is 2.63. The second-order valence-corrected chi connectivity index (χ2v) is 4.37. The number of rotatable bonds is 7. The van der Waals surface area contributed by atoms with E-state index in [1.165, 1.54) is 0 Å². The van der Waals surface area contributed by atoms with Gasteiger partial charge in [-0.3, -0.25) is 9.48 Å². The molecule has 0 aliphatic carbocycles. The lowest BCUT2D eigenvalue weighted by Crippen LogP contribution is -2.32. The first-order valence-electron chi connectivity index (χ1n) is 6.64. The Kier molecular flexibility index (Phi) is 8.43. The molecule has 110 valence electrons. The third kappa shape index (κ3) is 4.84. The van der Waals surface area contributed by atoms with Crippen LogP contribution in [-0.4, -0.2) is 35.3 Å². The zero-order chi connectivity index (χ0) is 13.5. The van der Waals surface area contributed by atoms with E-state index >= 15 is 0 Å². The van der Waals surface area contributed by atoms with E-state index in [1.54, 1.807) is 0 Å². The standard InChI is InChI=1S/C13H24N4O.ClH/c1-5-7-14-8-9-15-13(18)12-10(3)16-17(6-2)11(12)4;/h14H,5-9H2,1-4H3,(H,15,18);1H. The Morgan fingerprint density at radius 3 is 2.42 bits per heavy atom. The third-order valence-electron chi connectivity index (χ3n) is 2.92. The van der Waals surface area contributed by atoms with E-state index in [-0.39, 0.29) is 18.3 Å². The van der Waals surface area contributed by atoms with Crippen LogP contribution in [0.25, 0.3) is 0 Å². The minimum Gasteiger partial charge on any atom is -0.351 e. The van der Waals surface area contributed by atoms with Crippen molar-refractivity contribution >= 4 is 18.3 Å². The van der Waals surface area contributed by atoms with Crippen molar-refractivity contribution in [3.05, 3.63) is 17.0 Å². The highest BCUT2D eigenvalue weighted by molar-refractivity contribution is 5.96. The largest absolute Gasteiger partial charge is 0.351 e. The molecule has 0 spiro atoms. The molecule has 1 aromatic rings. The lowest BCUT2D eigenvalue weighted by molar-refractivity contribution is 0.0952. The molecule has 1 heterocycles. The zero-order valence-corrected chi connectivity index (χ0v) is 13.1. The Labute approximate surface area is 121 Å². The van der Waals surface area contributed by atoms with Gasteiger partial charge in [-0.05, 0) is 33.7 Å². The van der Waals surface area contributed by atoms with Crippen molar-refractivity contribution in [2.75, 3.05) is 19.6 Å². The molecule has 0 aliphatic rings. The second-order valence-electron chi connectivity index (χ2n) is 4.37. The molecule has 0 unspecified atom stereocenters. The minimum atomic E-state index is -0.0250. The number of nitrogens with zero attached hydrogens (tertiary/aromatic N) is 2. The van der Waals surface area contributed by atoms with Crippen molar-refractivity contribution < 1.29 is 4.79 Å².